The molecule has 5 nitrogen and oxygen atoms in total. The van der Waals surface area contributed by atoms with Crippen molar-refractivity contribution in [3.05, 3.63) is 18.0 Å². The second-order valence-corrected chi connectivity index (χ2v) is 5.63. The van der Waals surface area contributed by atoms with E-state index in [1.54, 1.807) is 17.1 Å². The Morgan fingerprint density at radius 1 is 1.42 bits per heavy atom. The molecule has 19 heavy (non-hydrogen) atoms. The molecule has 1 aromatic heterocycles. The molecular weight excluding hydrogens is 240 g/mol. The van der Waals surface area contributed by atoms with Gasteiger partial charge in [0.2, 0.25) is 5.91 Å². The Labute approximate surface area is 112 Å². The van der Waals surface area contributed by atoms with Gasteiger partial charge in [-0.1, -0.05) is 12.8 Å². The number of aromatic nitrogens is 2. The lowest BCUT2D eigenvalue weighted by molar-refractivity contribution is -0.138. The van der Waals surface area contributed by atoms with E-state index in [2.05, 4.69) is 11.2 Å². The van der Waals surface area contributed by atoms with E-state index in [-0.39, 0.29) is 11.9 Å². The van der Waals surface area contributed by atoms with Crippen LogP contribution in [0.2, 0.25) is 0 Å². The van der Waals surface area contributed by atoms with Crippen LogP contribution in [0.1, 0.15) is 43.7 Å². The van der Waals surface area contributed by atoms with Crippen LogP contribution in [0.5, 0.6) is 0 Å². The van der Waals surface area contributed by atoms with Gasteiger partial charge in [-0.05, 0) is 18.8 Å². The van der Waals surface area contributed by atoms with Crippen LogP contribution in [0.25, 0.3) is 0 Å². The van der Waals surface area contributed by atoms with Crippen LogP contribution < -0.4 is 0 Å². The van der Waals surface area contributed by atoms with Crippen LogP contribution in [0.15, 0.2) is 12.4 Å². The zero-order chi connectivity index (χ0) is 13.2. The molecule has 2 heterocycles. The Morgan fingerprint density at radius 2 is 2.16 bits per heavy atom. The van der Waals surface area contributed by atoms with Crippen LogP contribution in [0.4, 0.5) is 0 Å². The largest absolute Gasteiger partial charge is 0.338 e. The molecule has 1 saturated carbocycles. The maximum Gasteiger partial charge on any atom is 0.222 e. The van der Waals surface area contributed by atoms with Crippen LogP contribution in [0.3, 0.4) is 0 Å². The monoisotopic (exact) mass is 258 g/mol. The molecule has 0 aromatic carbocycles. The summed E-state index contributed by atoms with van der Waals surface area (Å²) >= 11 is 0. The summed E-state index contributed by atoms with van der Waals surface area (Å²) in [6.45, 7) is 1.47. The maximum atomic E-state index is 12.1. The van der Waals surface area contributed by atoms with Gasteiger partial charge in [-0.2, -0.15) is 10.4 Å². The number of hydrogen-bond donors (Lipinski definition) is 0. The quantitative estimate of drug-likeness (QED) is 0.829. The summed E-state index contributed by atoms with van der Waals surface area (Å²) in [5.41, 5.74) is 0.579. The number of carbonyl (C=O) groups excluding carboxylic acids is 1. The van der Waals surface area contributed by atoms with Gasteiger partial charge in [0.25, 0.3) is 0 Å². The first-order valence-electron chi connectivity index (χ1n) is 6.98. The molecule has 1 amide bonds. The van der Waals surface area contributed by atoms with Gasteiger partial charge in [-0.25, -0.2) is 0 Å². The molecule has 100 valence electrons. The number of rotatable bonds is 3. The SMILES string of the molecule is N#Cc1cnn(C2CN(C(=O)CC3CCCC3)C2)c1. The second kappa shape index (κ2) is 5.04. The smallest absolute Gasteiger partial charge is 0.222 e. The number of nitrogens with zero attached hydrogens (tertiary/aromatic N) is 4. The zero-order valence-corrected chi connectivity index (χ0v) is 11.0. The Kier molecular flexibility index (Phi) is 3.24. The lowest BCUT2D eigenvalue weighted by Gasteiger charge is -2.39. The van der Waals surface area contributed by atoms with Crippen molar-refractivity contribution in [2.75, 3.05) is 13.1 Å². The molecule has 0 spiro atoms. The first-order valence-corrected chi connectivity index (χ1v) is 6.98. The van der Waals surface area contributed by atoms with Gasteiger partial charge in [-0.3, -0.25) is 9.48 Å². The minimum atomic E-state index is 0.245. The highest BCUT2D eigenvalue weighted by molar-refractivity contribution is 5.77. The van der Waals surface area contributed by atoms with Gasteiger partial charge < -0.3 is 4.90 Å². The van der Waals surface area contributed by atoms with E-state index in [9.17, 15) is 4.79 Å². The van der Waals surface area contributed by atoms with Crippen molar-refractivity contribution in [2.24, 2.45) is 5.92 Å². The van der Waals surface area contributed by atoms with Gasteiger partial charge in [0.1, 0.15) is 6.07 Å². The van der Waals surface area contributed by atoms with Crippen LogP contribution in [-0.4, -0.2) is 33.7 Å². The van der Waals surface area contributed by atoms with Crippen LogP contribution in [-0.2, 0) is 4.79 Å². The predicted octanol–water partition coefficient (Wildman–Crippen LogP) is 1.72. The molecule has 3 rings (SSSR count). The topological polar surface area (TPSA) is 61.9 Å². The Balaban J connectivity index is 1.49. The van der Waals surface area contributed by atoms with Gasteiger partial charge >= 0.3 is 0 Å². The number of carbonyl (C=O) groups is 1. The van der Waals surface area contributed by atoms with Crippen molar-refractivity contribution in [1.29, 1.82) is 5.26 Å². The standard InChI is InChI=1S/C14H18N4O/c15-6-12-7-16-18(8-12)13-9-17(10-13)14(19)5-11-3-1-2-4-11/h7-8,11,13H,1-5,9-10H2. The molecule has 0 N–H and O–H groups in total. The predicted molar refractivity (Wildman–Crippen MR) is 69.1 cm³/mol. The lowest BCUT2D eigenvalue weighted by Crippen LogP contribution is -2.51. The lowest BCUT2D eigenvalue weighted by atomic mass is 10.0. The van der Waals surface area contributed by atoms with E-state index in [1.165, 1.54) is 25.7 Å². The fraction of sp³-hybridized carbons (Fsp3) is 0.643. The highest BCUT2D eigenvalue weighted by Crippen LogP contribution is 2.30. The first-order chi connectivity index (χ1) is 9.26. The van der Waals surface area contributed by atoms with E-state index in [0.717, 1.165) is 19.5 Å². The summed E-state index contributed by atoms with van der Waals surface area (Å²) in [4.78, 5) is 14.0. The average Bonchev–Trinajstić information content (AvgIpc) is 2.98. The van der Waals surface area contributed by atoms with Crippen molar-refractivity contribution in [3.63, 3.8) is 0 Å². The highest BCUT2D eigenvalue weighted by atomic mass is 16.2. The average molecular weight is 258 g/mol. The summed E-state index contributed by atoms with van der Waals surface area (Å²) in [6.07, 6.45) is 9.04. The van der Waals surface area contributed by atoms with Gasteiger partial charge in [0.05, 0.1) is 17.8 Å². The number of hydrogen-bond acceptors (Lipinski definition) is 3. The normalized spacial score (nSPS) is 20.3. The molecular formula is C14H18N4O. The van der Waals surface area contributed by atoms with Crippen LogP contribution in [0, 0.1) is 17.2 Å². The molecule has 0 atom stereocenters. The molecule has 1 aliphatic carbocycles. The molecule has 1 aliphatic heterocycles. The van der Waals surface area contributed by atoms with Gasteiger partial charge in [0, 0.05) is 25.7 Å². The third kappa shape index (κ3) is 2.48. The first kappa shape index (κ1) is 12.2. The molecule has 1 saturated heterocycles. The molecule has 0 radical (unpaired) electrons. The third-order valence-corrected chi connectivity index (χ3v) is 4.26. The van der Waals surface area contributed by atoms with Crippen molar-refractivity contribution < 1.29 is 4.79 Å². The summed E-state index contributed by atoms with van der Waals surface area (Å²) in [6, 6.07) is 2.31. The maximum absolute atomic E-state index is 12.1. The molecule has 1 aromatic rings. The summed E-state index contributed by atoms with van der Waals surface area (Å²) < 4.78 is 1.80. The molecule has 5 heteroatoms. The van der Waals surface area contributed by atoms with Crippen molar-refractivity contribution in [3.8, 4) is 6.07 Å². The van der Waals surface area contributed by atoms with Crippen LogP contribution >= 0.6 is 0 Å². The number of amides is 1. The van der Waals surface area contributed by atoms with Crippen molar-refractivity contribution >= 4 is 5.91 Å². The van der Waals surface area contributed by atoms with Crippen molar-refractivity contribution in [2.45, 2.75) is 38.1 Å². The minimum absolute atomic E-state index is 0.245. The summed E-state index contributed by atoms with van der Waals surface area (Å²) in [5.74, 6) is 0.900. The van der Waals surface area contributed by atoms with Crippen molar-refractivity contribution in [1.82, 2.24) is 14.7 Å². The van der Waals surface area contributed by atoms with E-state index >= 15 is 0 Å². The minimum Gasteiger partial charge on any atom is -0.338 e. The second-order valence-electron chi connectivity index (χ2n) is 5.63. The summed E-state index contributed by atoms with van der Waals surface area (Å²) in [5, 5.41) is 12.9. The molecule has 0 unspecified atom stereocenters. The van der Waals surface area contributed by atoms with Gasteiger partial charge in [0.15, 0.2) is 0 Å². The fourth-order valence-corrected chi connectivity index (χ4v) is 3.01. The third-order valence-electron chi connectivity index (χ3n) is 4.26. The Morgan fingerprint density at radius 3 is 2.79 bits per heavy atom. The fourth-order valence-electron chi connectivity index (χ4n) is 3.01. The molecule has 2 fully saturated rings. The number of likely N-dealkylation sites (tertiary alicyclic amines) is 1. The van der Waals surface area contributed by atoms with E-state index in [1.807, 2.05) is 4.90 Å². The summed E-state index contributed by atoms with van der Waals surface area (Å²) in [7, 11) is 0. The van der Waals surface area contributed by atoms with Gasteiger partial charge in [-0.15, -0.1) is 0 Å². The number of nitriles is 1. The van der Waals surface area contributed by atoms with E-state index < -0.39 is 0 Å². The van der Waals surface area contributed by atoms with E-state index in [0.29, 0.717) is 11.5 Å². The van der Waals surface area contributed by atoms with E-state index in [4.69, 9.17) is 5.26 Å². The highest BCUT2D eigenvalue weighted by Gasteiger charge is 2.33. The Hall–Kier alpha value is -1.83. The zero-order valence-electron chi connectivity index (χ0n) is 11.0. The Bertz CT molecular complexity index is 504. The molecule has 2 aliphatic rings. The molecule has 0 bridgehead atoms.